The van der Waals surface area contributed by atoms with E-state index in [1.807, 2.05) is 6.92 Å². The first kappa shape index (κ1) is 7.85. The second-order valence-corrected chi connectivity index (χ2v) is 2.84. The average molecular weight is 176 g/mol. The molecule has 0 saturated heterocycles. The topological polar surface area (TPSA) is 60.2 Å². The number of nitrogens with zero attached hydrogens (tertiary/aromatic N) is 4. The third kappa shape index (κ3) is 1.09. The molecular weight excluding hydrogens is 168 g/mol. The molecule has 0 aliphatic heterocycles. The summed E-state index contributed by atoms with van der Waals surface area (Å²) in [5.41, 5.74) is 1.89. The van der Waals surface area contributed by atoms with Gasteiger partial charge in [0.1, 0.15) is 0 Å². The highest BCUT2D eigenvalue weighted by Crippen LogP contribution is 2.08. The van der Waals surface area contributed by atoms with Crippen LogP contribution in [0.3, 0.4) is 0 Å². The van der Waals surface area contributed by atoms with E-state index in [2.05, 4.69) is 15.3 Å². The number of Topliss-reactive ketones (excluding diaryl/α,β-unsaturated/α-hetero) is 1. The van der Waals surface area contributed by atoms with E-state index in [0.29, 0.717) is 11.2 Å². The summed E-state index contributed by atoms with van der Waals surface area (Å²) < 4.78 is 1.60. The van der Waals surface area contributed by atoms with E-state index < -0.39 is 0 Å². The van der Waals surface area contributed by atoms with Crippen LogP contribution in [0.5, 0.6) is 0 Å². The molecule has 0 radical (unpaired) electrons. The molecule has 0 aliphatic rings. The van der Waals surface area contributed by atoms with E-state index in [1.54, 1.807) is 10.7 Å². The zero-order chi connectivity index (χ0) is 9.42. The average Bonchev–Trinajstić information content (AvgIpc) is 2.48. The molecule has 0 unspecified atom stereocenters. The lowest BCUT2D eigenvalue weighted by Crippen LogP contribution is -1.99. The third-order valence-electron chi connectivity index (χ3n) is 1.85. The summed E-state index contributed by atoms with van der Waals surface area (Å²) >= 11 is 0. The quantitative estimate of drug-likeness (QED) is 0.598. The molecule has 66 valence electrons. The second-order valence-electron chi connectivity index (χ2n) is 2.84. The first-order chi connectivity index (χ1) is 6.20. The van der Waals surface area contributed by atoms with Crippen molar-refractivity contribution in [2.45, 2.75) is 13.8 Å². The molecular formula is C8H8N4O. The van der Waals surface area contributed by atoms with Crippen LogP contribution in [0.2, 0.25) is 0 Å². The van der Waals surface area contributed by atoms with Crippen LogP contribution in [0.4, 0.5) is 0 Å². The van der Waals surface area contributed by atoms with Gasteiger partial charge in [0.15, 0.2) is 11.4 Å². The third-order valence-corrected chi connectivity index (χ3v) is 1.85. The molecule has 5 heteroatoms. The van der Waals surface area contributed by atoms with Crippen LogP contribution in [0.1, 0.15) is 23.0 Å². The molecule has 0 amide bonds. The Balaban J connectivity index is 2.83. The predicted octanol–water partition coefficient (Wildman–Crippen LogP) is 0.635. The molecule has 2 rings (SSSR count). The van der Waals surface area contributed by atoms with Crippen molar-refractivity contribution < 1.29 is 4.79 Å². The van der Waals surface area contributed by atoms with Gasteiger partial charge in [0.2, 0.25) is 0 Å². The van der Waals surface area contributed by atoms with E-state index in [9.17, 15) is 4.79 Å². The van der Waals surface area contributed by atoms with Crippen molar-refractivity contribution in [2.75, 3.05) is 0 Å². The van der Waals surface area contributed by atoms with Gasteiger partial charge in [-0.2, -0.15) is 10.2 Å². The minimum atomic E-state index is -0.0464. The monoisotopic (exact) mass is 176 g/mol. The van der Waals surface area contributed by atoms with Crippen molar-refractivity contribution in [3.63, 3.8) is 0 Å². The van der Waals surface area contributed by atoms with E-state index >= 15 is 0 Å². The molecule has 2 aromatic rings. The van der Waals surface area contributed by atoms with Crippen molar-refractivity contribution in [3.8, 4) is 0 Å². The van der Waals surface area contributed by atoms with Gasteiger partial charge in [-0.15, -0.1) is 5.10 Å². The van der Waals surface area contributed by atoms with Crippen LogP contribution in [0.25, 0.3) is 5.65 Å². The Labute approximate surface area is 74.4 Å². The first-order valence-corrected chi connectivity index (χ1v) is 3.87. The Morgan fingerprint density at radius 3 is 2.92 bits per heavy atom. The summed E-state index contributed by atoms with van der Waals surface area (Å²) in [4.78, 5) is 11.1. The van der Waals surface area contributed by atoms with Crippen LogP contribution in [0.15, 0.2) is 12.4 Å². The number of carbonyl (C=O) groups is 1. The fraction of sp³-hybridized carbons (Fsp3) is 0.250. The number of carbonyl (C=O) groups excluding carboxylic acids is 1. The van der Waals surface area contributed by atoms with Gasteiger partial charge in [-0.1, -0.05) is 0 Å². The van der Waals surface area contributed by atoms with E-state index in [0.717, 1.165) is 5.69 Å². The maximum Gasteiger partial charge on any atom is 0.188 e. The lowest BCUT2D eigenvalue weighted by Gasteiger charge is -1.95. The molecule has 5 nitrogen and oxygen atoms in total. The van der Waals surface area contributed by atoms with Gasteiger partial charge in [-0.3, -0.25) is 4.79 Å². The Bertz CT molecular complexity index is 474. The molecule has 2 aromatic heterocycles. The Morgan fingerprint density at radius 2 is 2.23 bits per heavy atom. The molecule has 0 fully saturated rings. The van der Waals surface area contributed by atoms with Crippen LogP contribution in [-0.2, 0) is 0 Å². The largest absolute Gasteiger partial charge is 0.294 e. The molecule has 13 heavy (non-hydrogen) atoms. The first-order valence-electron chi connectivity index (χ1n) is 3.87. The van der Waals surface area contributed by atoms with Crippen molar-refractivity contribution in [3.05, 3.63) is 23.7 Å². The number of aromatic nitrogens is 4. The van der Waals surface area contributed by atoms with Gasteiger partial charge < -0.3 is 0 Å². The number of ketones is 1. The number of rotatable bonds is 1. The number of aryl methyl sites for hydroxylation is 1. The maximum absolute atomic E-state index is 11.1. The van der Waals surface area contributed by atoms with Gasteiger partial charge in [-0.05, 0) is 13.8 Å². The Kier molecular flexibility index (Phi) is 1.58. The maximum atomic E-state index is 11.1. The van der Waals surface area contributed by atoms with Crippen molar-refractivity contribution in [1.29, 1.82) is 0 Å². The van der Waals surface area contributed by atoms with Gasteiger partial charge in [0.25, 0.3) is 0 Å². The molecule has 0 N–H and O–H groups in total. The number of hydrogen-bond acceptors (Lipinski definition) is 4. The van der Waals surface area contributed by atoms with Crippen LogP contribution >= 0.6 is 0 Å². The van der Waals surface area contributed by atoms with Gasteiger partial charge in [0.05, 0.1) is 23.7 Å². The molecule has 0 bridgehead atoms. The SMILES string of the molecule is CC(=O)c1cnn2c(C)cnnc12. The van der Waals surface area contributed by atoms with Crippen molar-refractivity contribution in [1.82, 2.24) is 19.8 Å². The van der Waals surface area contributed by atoms with Crippen molar-refractivity contribution in [2.24, 2.45) is 0 Å². The van der Waals surface area contributed by atoms with Crippen LogP contribution in [-0.4, -0.2) is 25.6 Å². The molecule has 0 aromatic carbocycles. The van der Waals surface area contributed by atoms with E-state index in [1.165, 1.54) is 13.1 Å². The molecule has 0 spiro atoms. The lowest BCUT2D eigenvalue weighted by molar-refractivity contribution is 0.101. The van der Waals surface area contributed by atoms with E-state index in [-0.39, 0.29) is 5.78 Å². The summed E-state index contributed by atoms with van der Waals surface area (Å²) in [6, 6.07) is 0. The zero-order valence-electron chi connectivity index (χ0n) is 7.35. The number of hydrogen-bond donors (Lipinski definition) is 0. The molecule has 0 aliphatic carbocycles. The van der Waals surface area contributed by atoms with Crippen LogP contribution < -0.4 is 0 Å². The molecule has 0 saturated carbocycles. The van der Waals surface area contributed by atoms with Crippen molar-refractivity contribution >= 4 is 11.4 Å². The minimum absolute atomic E-state index is 0.0464. The molecule has 2 heterocycles. The summed E-state index contributed by atoms with van der Waals surface area (Å²) in [5.74, 6) is -0.0464. The highest BCUT2D eigenvalue weighted by atomic mass is 16.1. The summed E-state index contributed by atoms with van der Waals surface area (Å²) in [6.07, 6.45) is 3.11. The Hall–Kier alpha value is -1.78. The fourth-order valence-electron chi connectivity index (χ4n) is 1.17. The normalized spacial score (nSPS) is 10.6. The second kappa shape index (κ2) is 2.62. The van der Waals surface area contributed by atoms with Crippen LogP contribution in [0, 0.1) is 6.92 Å². The predicted molar refractivity (Wildman–Crippen MR) is 45.5 cm³/mol. The van der Waals surface area contributed by atoms with Gasteiger partial charge >= 0.3 is 0 Å². The number of fused-ring (bicyclic) bond motifs is 1. The lowest BCUT2D eigenvalue weighted by atomic mass is 10.2. The minimum Gasteiger partial charge on any atom is -0.294 e. The standard InChI is InChI=1S/C8H8N4O/c1-5-3-9-11-8-7(6(2)13)4-10-12(5)8/h3-4H,1-2H3. The summed E-state index contributed by atoms with van der Waals surface area (Å²) in [6.45, 7) is 3.35. The highest BCUT2D eigenvalue weighted by Gasteiger charge is 2.10. The highest BCUT2D eigenvalue weighted by molar-refractivity contribution is 5.99. The van der Waals surface area contributed by atoms with Gasteiger partial charge in [-0.25, -0.2) is 4.52 Å². The Morgan fingerprint density at radius 1 is 1.46 bits per heavy atom. The summed E-state index contributed by atoms with van der Waals surface area (Å²) in [7, 11) is 0. The molecule has 0 atom stereocenters. The van der Waals surface area contributed by atoms with Gasteiger partial charge in [0, 0.05) is 0 Å². The smallest absolute Gasteiger partial charge is 0.188 e. The zero-order valence-corrected chi connectivity index (χ0v) is 7.35. The summed E-state index contributed by atoms with van der Waals surface area (Å²) in [5, 5.41) is 11.7. The fourth-order valence-corrected chi connectivity index (χ4v) is 1.17. The van der Waals surface area contributed by atoms with E-state index in [4.69, 9.17) is 0 Å².